The second kappa shape index (κ2) is 8.16. The lowest BCUT2D eigenvalue weighted by atomic mass is 10.0. The van der Waals surface area contributed by atoms with E-state index in [9.17, 15) is 4.79 Å². The van der Waals surface area contributed by atoms with E-state index < -0.39 is 5.60 Å². The summed E-state index contributed by atoms with van der Waals surface area (Å²) >= 11 is 0. The van der Waals surface area contributed by atoms with E-state index in [1.807, 2.05) is 20.8 Å². The van der Waals surface area contributed by atoms with E-state index in [-0.39, 0.29) is 29.8 Å². The lowest BCUT2D eigenvalue weighted by Crippen LogP contribution is -2.50. The van der Waals surface area contributed by atoms with Gasteiger partial charge in [-0.1, -0.05) is 30.3 Å². The molecule has 1 heterocycles. The molecule has 0 aromatic heterocycles. The number of nitrogens with zero attached hydrogens (tertiary/aromatic N) is 2. The molecule has 2 saturated carbocycles. The van der Waals surface area contributed by atoms with Gasteiger partial charge < -0.3 is 14.4 Å². The zero-order chi connectivity index (χ0) is 21.5. The van der Waals surface area contributed by atoms with Crippen molar-refractivity contribution >= 4 is 6.09 Å². The summed E-state index contributed by atoms with van der Waals surface area (Å²) in [4.78, 5) is 17.8. The van der Waals surface area contributed by atoms with Crippen LogP contribution in [0, 0.1) is 5.41 Å². The Morgan fingerprint density at radius 1 is 1.17 bits per heavy atom. The quantitative estimate of drug-likeness (QED) is 0.678. The van der Waals surface area contributed by atoms with Gasteiger partial charge in [0.05, 0.1) is 12.2 Å². The summed E-state index contributed by atoms with van der Waals surface area (Å²) in [5.41, 5.74) is 1.06. The Hall–Kier alpha value is -1.59. The molecule has 5 nitrogen and oxygen atoms in total. The van der Waals surface area contributed by atoms with E-state index in [0.717, 1.165) is 32.6 Å². The van der Waals surface area contributed by atoms with Crippen LogP contribution in [0.25, 0.3) is 0 Å². The van der Waals surface area contributed by atoms with Crippen LogP contribution in [0.5, 0.6) is 0 Å². The molecular formula is C25H38N2O3. The fourth-order valence-corrected chi connectivity index (χ4v) is 5.01. The molecule has 1 aromatic carbocycles. The van der Waals surface area contributed by atoms with Gasteiger partial charge in [0.25, 0.3) is 0 Å². The molecule has 4 atom stereocenters. The summed E-state index contributed by atoms with van der Waals surface area (Å²) in [6.45, 7) is 14.0. The summed E-state index contributed by atoms with van der Waals surface area (Å²) in [7, 11) is 0. The maximum atomic E-state index is 13.2. The molecule has 0 spiro atoms. The zero-order valence-corrected chi connectivity index (χ0v) is 19.3. The highest BCUT2D eigenvalue weighted by molar-refractivity contribution is 5.69. The molecular weight excluding hydrogens is 376 g/mol. The summed E-state index contributed by atoms with van der Waals surface area (Å²) in [5.74, 6) is 0.429. The molecule has 166 valence electrons. The highest BCUT2D eigenvalue weighted by Gasteiger charge is 2.52. The van der Waals surface area contributed by atoms with Crippen LogP contribution in [0.2, 0.25) is 0 Å². The van der Waals surface area contributed by atoms with Crippen LogP contribution in [0.15, 0.2) is 30.3 Å². The van der Waals surface area contributed by atoms with E-state index >= 15 is 0 Å². The van der Waals surface area contributed by atoms with Gasteiger partial charge in [0.2, 0.25) is 0 Å². The topological polar surface area (TPSA) is 42.0 Å². The highest BCUT2D eigenvalue weighted by Crippen LogP contribution is 2.51. The van der Waals surface area contributed by atoms with Crippen molar-refractivity contribution in [1.29, 1.82) is 0 Å². The largest absolute Gasteiger partial charge is 0.444 e. The molecule has 2 aliphatic carbocycles. The van der Waals surface area contributed by atoms with Gasteiger partial charge in [-0.3, -0.25) is 4.90 Å². The van der Waals surface area contributed by atoms with Crippen LogP contribution in [0.4, 0.5) is 4.79 Å². The molecule has 4 rings (SSSR count). The number of ether oxygens (including phenoxy) is 2. The Morgan fingerprint density at radius 2 is 1.80 bits per heavy atom. The first kappa shape index (κ1) is 21.6. The summed E-state index contributed by atoms with van der Waals surface area (Å²) in [6, 6.07) is 10.8. The number of hydrogen-bond donors (Lipinski definition) is 0. The molecule has 0 radical (unpaired) electrons. The summed E-state index contributed by atoms with van der Waals surface area (Å²) < 4.78 is 11.7. The Balaban J connectivity index is 1.45. The van der Waals surface area contributed by atoms with Crippen molar-refractivity contribution in [2.75, 3.05) is 26.2 Å². The normalized spacial score (nSPS) is 30.6. The third-order valence-corrected chi connectivity index (χ3v) is 6.53. The van der Waals surface area contributed by atoms with Crippen molar-refractivity contribution in [2.45, 2.75) is 83.6 Å². The Labute approximate surface area is 181 Å². The summed E-state index contributed by atoms with van der Waals surface area (Å²) in [6.07, 6.45) is 3.81. The predicted octanol–water partition coefficient (Wildman–Crippen LogP) is 4.67. The van der Waals surface area contributed by atoms with Gasteiger partial charge in [0, 0.05) is 43.6 Å². The first-order valence-corrected chi connectivity index (χ1v) is 11.6. The minimum atomic E-state index is -0.474. The van der Waals surface area contributed by atoms with Crippen LogP contribution in [-0.2, 0) is 9.47 Å². The minimum absolute atomic E-state index is 0.152. The maximum Gasteiger partial charge on any atom is 0.410 e. The van der Waals surface area contributed by atoms with E-state index in [4.69, 9.17) is 9.47 Å². The third-order valence-electron chi connectivity index (χ3n) is 6.53. The van der Waals surface area contributed by atoms with Gasteiger partial charge in [-0.2, -0.15) is 0 Å². The fourth-order valence-electron chi connectivity index (χ4n) is 5.01. The monoisotopic (exact) mass is 414 g/mol. The SMILES string of the molecule is C[C@@H]1CN(CC2(CN(C(=O)OC(C)(C)C)C3CC3c3ccccc3)CC2)C[C@H](C)O1. The van der Waals surface area contributed by atoms with Crippen molar-refractivity contribution < 1.29 is 14.3 Å². The average molecular weight is 415 g/mol. The van der Waals surface area contributed by atoms with E-state index in [1.54, 1.807) is 0 Å². The van der Waals surface area contributed by atoms with Gasteiger partial charge >= 0.3 is 6.09 Å². The Morgan fingerprint density at radius 3 is 2.37 bits per heavy atom. The van der Waals surface area contributed by atoms with Crippen molar-refractivity contribution in [1.82, 2.24) is 9.80 Å². The molecule has 30 heavy (non-hydrogen) atoms. The van der Waals surface area contributed by atoms with Gasteiger partial charge in [-0.25, -0.2) is 4.79 Å². The Bertz CT molecular complexity index is 731. The third kappa shape index (κ3) is 5.36. The molecule has 1 aromatic rings. The van der Waals surface area contributed by atoms with E-state index in [2.05, 4.69) is 54.0 Å². The molecule has 1 aliphatic heterocycles. The van der Waals surface area contributed by atoms with Crippen molar-refractivity contribution in [3.05, 3.63) is 35.9 Å². The van der Waals surface area contributed by atoms with Gasteiger partial charge in [0.1, 0.15) is 5.60 Å². The van der Waals surface area contributed by atoms with Crippen LogP contribution >= 0.6 is 0 Å². The molecule has 3 fully saturated rings. The van der Waals surface area contributed by atoms with Gasteiger partial charge in [0.15, 0.2) is 0 Å². The average Bonchev–Trinajstić information content (AvgIpc) is 3.54. The number of hydrogen-bond acceptors (Lipinski definition) is 4. The molecule has 1 amide bonds. The van der Waals surface area contributed by atoms with Crippen molar-refractivity contribution in [3.63, 3.8) is 0 Å². The zero-order valence-electron chi connectivity index (χ0n) is 19.3. The van der Waals surface area contributed by atoms with Gasteiger partial charge in [-0.05, 0) is 59.4 Å². The van der Waals surface area contributed by atoms with Crippen LogP contribution in [0.1, 0.15) is 65.4 Å². The van der Waals surface area contributed by atoms with E-state index in [1.165, 1.54) is 18.4 Å². The predicted molar refractivity (Wildman–Crippen MR) is 119 cm³/mol. The minimum Gasteiger partial charge on any atom is -0.444 e. The maximum absolute atomic E-state index is 13.2. The van der Waals surface area contributed by atoms with Crippen molar-refractivity contribution in [3.8, 4) is 0 Å². The molecule has 5 heteroatoms. The number of rotatable bonds is 6. The van der Waals surface area contributed by atoms with Crippen molar-refractivity contribution in [2.24, 2.45) is 5.41 Å². The number of morpholine rings is 1. The molecule has 0 N–H and O–H groups in total. The second-order valence-corrected chi connectivity index (χ2v) is 10.9. The standard InChI is InChI=1S/C25H38N2O3/c1-18-14-26(15-19(2)29-18)16-25(11-12-25)17-27(23(28)30-24(3,4)5)22-13-21(22)20-9-7-6-8-10-20/h6-10,18-19,21-22H,11-17H2,1-5H3/t18-,19+,21?,22?. The number of amides is 1. The first-order valence-electron chi connectivity index (χ1n) is 11.6. The van der Waals surface area contributed by atoms with Crippen LogP contribution in [0.3, 0.4) is 0 Å². The second-order valence-electron chi connectivity index (χ2n) is 10.9. The number of carbonyl (C=O) groups excluding carboxylic acids is 1. The Kier molecular flexibility index (Phi) is 5.88. The van der Waals surface area contributed by atoms with E-state index in [0.29, 0.717) is 5.92 Å². The summed E-state index contributed by atoms with van der Waals surface area (Å²) in [5, 5.41) is 0. The molecule has 0 bridgehead atoms. The molecule has 3 aliphatic rings. The number of benzene rings is 1. The first-order chi connectivity index (χ1) is 14.1. The lowest BCUT2D eigenvalue weighted by molar-refractivity contribution is -0.0739. The van der Waals surface area contributed by atoms with Gasteiger partial charge in [-0.15, -0.1) is 0 Å². The fraction of sp³-hybridized carbons (Fsp3) is 0.720. The highest BCUT2D eigenvalue weighted by atomic mass is 16.6. The molecule has 1 saturated heterocycles. The number of carbonyl (C=O) groups is 1. The smallest absolute Gasteiger partial charge is 0.410 e. The van der Waals surface area contributed by atoms with Crippen LogP contribution in [-0.4, -0.2) is 65.9 Å². The lowest BCUT2D eigenvalue weighted by Gasteiger charge is -2.38. The molecule has 2 unspecified atom stereocenters. The van der Waals surface area contributed by atoms with Crippen LogP contribution < -0.4 is 0 Å².